The molecule has 2 atom stereocenters. The van der Waals surface area contributed by atoms with Crippen molar-refractivity contribution >= 4 is 52.3 Å². The zero-order chi connectivity index (χ0) is 25.1. The van der Waals surface area contributed by atoms with Crippen molar-refractivity contribution in [2.45, 2.75) is 19.4 Å². The number of carbonyl (C=O) groups is 4. The van der Waals surface area contributed by atoms with Gasteiger partial charge in [0, 0.05) is 39.7 Å². The lowest BCUT2D eigenvalue weighted by Crippen LogP contribution is -2.31. The molecule has 0 aliphatic carbocycles. The fraction of sp³-hybridized carbons (Fsp3) is 0.185. The van der Waals surface area contributed by atoms with Crippen LogP contribution in [0.3, 0.4) is 0 Å². The van der Waals surface area contributed by atoms with Crippen LogP contribution in [0.5, 0.6) is 0 Å². The standard InChI is InChI=1S/C27H21Cl2NO5/c1-16(25(32)18-7-9-20(28)10-8-18)35-27(34)19-13-24(31)30(15-19)23-12-11-21(29)14-22(23)26(33)17-5-3-2-4-6-17/h2-12,14,16,19H,13,15H2,1H3/t16-,19-/m0/s1. The average Bonchev–Trinajstić information content (AvgIpc) is 3.25. The van der Waals surface area contributed by atoms with E-state index in [-0.39, 0.29) is 36.0 Å². The van der Waals surface area contributed by atoms with Gasteiger partial charge in [0.05, 0.1) is 11.6 Å². The van der Waals surface area contributed by atoms with Crippen molar-refractivity contribution in [3.05, 3.63) is 99.5 Å². The van der Waals surface area contributed by atoms with Crippen LogP contribution in [0.2, 0.25) is 10.0 Å². The summed E-state index contributed by atoms with van der Waals surface area (Å²) in [6.45, 7) is 1.51. The highest BCUT2D eigenvalue weighted by Gasteiger charge is 2.38. The van der Waals surface area contributed by atoms with E-state index in [0.29, 0.717) is 26.9 Å². The van der Waals surface area contributed by atoms with E-state index in [1.54, 1.807) is 66.7 Å². The molecule has 1 saturated heterocycles. The molecule has 0 bridgehead atoms. The van der Waals surface area contributed by atoms with E-state index in [1.165, 1.54) is 17.9 Å². The Labute approximate surface area is 212 Å². The summed E-state index contributed by atoms with van der Waals surface area (Å²) in [6.07, 6.45) is -1.12. The smallest absolute Gasteiger partial charge is 0.312 e. The van der Waals surface area contributed by atoms with Gasteiger partial charge in [-0.1, -0.05) is 53.5 Å². The first kappa shape index (κ1) is 24.6. The van der Waals surface area contributed by atoms with Crippen molar-refractivity contribution < 1.29 is 23.9 Å². The first-order chi connectivity index (χ1) is 16.7. The summed E-state index contributed by atoms with van der Waals surface area (Å²) < 4.78 is 5.39. The highest BCUT2D eigenvalue weighted by Crippen LogP contribution is 2.32. The van der Waals surface area contributed by atoms with Gasteiger partial charge in [0.1, 0.15) is 0 Å². The van der Waals surface area contributed by atoms with Crippen LogP contribution in [0, 0.1) is 5.92 Å². The van der Waals surface area contributed by atoms with E-state index in [2.05, 4.69) is 0 Å². The molecule has 0 aromatic heterocycles. The number of ether oxygens (including phenoxy) is 1. The third-order valence-corrected chi connectivity index (χ3v) is 6.27. The number of nitrogens with zero attached hydrogens (tertiary/aromatic N) is 1. The topological polar surface area (TPSA) is 80.8 Å². The lowest BCUT2D eigenvalue weighted by atomic mass is 10.0. The summed E-state index contributed by atoms with van der Waals surface area (Å²) in [6, 6.07) is 19.6. The molecule has 0 saturated carbocycles. The largest absolute Gasteiger partial charge is 0.454 e. The van der Waals surface area contributed by atoms with Gasteiger partial charge in [0.15, 0.2) is 11.9 Å². The average molecular weight is 510 g/mol. The van der Waals surface area contributed by atoms with E-state index in [9.17, 15) is 19.2 Å². The van der Waals surface area contributed by atoms with Crippen LogP contribution in [-0.4, -0.2) is 36.1 Å². The van der Waals surface area contributed by atoms with E-state index in [4.69, 9.17) is 27.9 Å². The lowest BCUT2D eigenvalue weighted by molar-refractivity contribution is -0.151. The number of ketones is 2. The Morgan fingerprint density at radius 3 is 2.26 bits per heavy atom. The van der Waals surface area contributed by atoms with Crippen molar-refractivity contribution in [3.63, 3.8) is 0 Å². The maximum absolute atomic E-state index is 13.1. The van der Waals surface area contributed by atoms with Crippen molar-refractivity contribution in [3.8, 4) is 0 Å². The van der Waals surface area contributed by atoms with Crippen LogP contribution in [0.15, 0.2) is 72.8 Å². The van der Waals surface area contributed by atoms with Crippen molar-refractivity contribution in [1.82, 2.24) is 0 Å². The van der Waals surface area contributed by atoms with Gasteiger partial charge in [-0.05, 0) is 49.4 Å². The summed E-state index contributed by atoms with van der Waals surface area (Å²) in [4.78, 5) is 52.8. The minimum Gasteiger partial charge on any atom is -0.454 e. The normalized spacial score (nSPS) is 16.1. The van der Waals surface area contributed by atoms with Gasteiger partial charge in [0.25, 0.3) is 0 Å². The van der Waals surface area contributed by atoms with Gasteiger partial charge < -0.3 is 9.64 Å². The van der Waals surface area contributed by atoms with Crippen LogP contribution >= 0.6 is 23.2 Å². The Morgan fingerprint density at radius 2 is 1.57 bits per heavy atom. The van der Waals surface area contributed by atoms with Gasteiger partial charge in [-0.15, -0.1) is 0 Å². The number of anilines is 1. The number of esters is 1. The summed E-state index contributed by atoms with van der Waals surface area (Å²) in [7, 11) is 0. The third kappa shape index (κ3) is 5.45. The second-order valence-corrected chi connectivity index (χ2v) is 9.09. The zero-order valence-corrected chi connectivity index (χ0v) is 20.3. The summed E-state index contributed by atoms with van der Waals surface area (Å²) in [5.74, 6) is -2.42. The van der Waals surface area contributed by atoms with Crippen LogP contribution in [0.1, 0.15) is 39.6 Å². The van der Waals surface area contributed by atoms with Crippen molar-refractivity contribution in [2.75, 3.05) is 11.4 Å². The predicted molar refractivity (Wildman–Crippen MR) is 133 cm³/mol. The Hall–Kier alpha value is -3.48. The molecular weight excluding hydrogens is 489 g/mol. The molecule has 1 fully saturated rings. The second-order valence-electron chi connectivity index (χ2n) is 8.21. The fourth-order valence-corrected chi connectivity index (χ4v) is 4.24. The maximum Gasteiger partial charge on any atom is 0.312 e. The molecule has 1 heterocycles. The maximum atomic E-state index is 13.1. The molecule has 1 aliphatic rings. The first-order valence-electron chi connectivity index (χ1n) is 10.9. The Balaban J connectivity index is 1.50. The minimum absolute atomic E-state index is 0.0240. The number of rotatable bonds is 7. The molecule has 0 radical (unpaired) electrons. The third-order valence-electron chi connectivity index (χ3n) is 5.78. The highest BCUT2D eigenvalue weighted by atomic mass is 35.5. The first-order valence-corrected chi connectivity index (χ1v) is 11.7. The number of hydrogen-bond donors (Lipinski definition) is 0. The van der Waals surface area contributed by atoms with E-state index >= 15 is 0 Å². The molecule has 0 unspecified atom stereocenters. The Morgan fingerprint density at radius 1 is 0.914 bits per heavy atom. The molecule has 178 valence electrons. The number of Topliss-reactive ketones (excluding diaryl/α,β-unsaturated/α-hetero) is 1. The van der Waals surface area contributed by atoms with Crippen LogP contribution < -0.4 is 4.90 Å². The SMILES string of the molecule is C[C@H](OC(=O)[C@H]1CC(=O)N(c2ccc(Cl)cc2C(=O)c2ccccc2)C1)C(=O)c1ccc(Cl)cc1. The summed E-state index contributed by atoms with van der Waals surface area (Å²) >= 11 is 12.0. The molecule has 1 aliphatic heterocycles. The molecule has 35 heavy (non-hydrogen) atoms. The monoisotopic (exact) mass is 509 g/mol. The number of carbonyl (C=O) groups excluding carboxylic acids is 4. The lowest BCUT2D eigenvalue weighted by Gasteiger charge is -2.20. The number of halogens is 2. The van der Waals surface area contributed by atoms with E-state index < -0.39 is 18.0 Å². The second kappa shape index (κ2) is 10.4. The molecular formula is C27H21Cl2NO5. The molecule has 0 spiro atoms. The van der Waals surface area contributed by atoms with Gasteiger partial charge in [-0.25, -0.2) is 0 Å². The van der Waals surface area contributed by atoms with Gasteiger partial charge in [-0.3, -0.25) is 19.2 Å². The van der Waals surface area contributed by atoms with Gasteiger partial charge >= 0.3 is 5.97 Å². The summed E-state index contributed by atoms with van der Waals surface area (Å²) in [5, 5.41) is 0.841. The molecule has 4 rings (SSSR count). The van der Waals surface area contributed by atoms with Gasteiger partial charge in [-0.2, -0.15) is 0 Å². The van der Waals surface area contributed by atoms with Gasteiger partial charge in [0.2, 0.25) is 11.7 Å². The Bertz CT molecular complexity index is 1290. The Kier molecular flexibility index (Phi) is 7.34. The van der Waals surface area contributed by atoms with Crippen molar-refractivity contribution in [1.29, 1.82) is 0 Å². The zero-order valence-electron chi connectivity index (χ0n) is 18.7. The molecule has 6 nitrogen and oxygen atoms in total. The quantitative estimate of drug-likeness (QED) is 0.315. The fourth-order valence-electron chi connectivity index (χ4n) is 3.94. The number of benzene rings is 3. The van der Waals surface area contributed by atoms with Crippen LogP contribution in [-0.2, 0) is 14.3 Å². The minimum atomic E-state index is -1.03. The number of amides is 1. The molecule has 1 amide bonds. The summed E-state index contributed by atoms with van der Waals surface area (Å²) in [5.41, 5.74) is 1.45. The van der Waals surface area contributed by atoms with E-state index in [0.717, 1.165) is 0 Å². The van der Waals surface area contributed by atoms with E-state index in [1.807, 2.05) is 0 Å². The molecule has 8 heteroatoms. The van der Waals surface area contributed by atoms with Crippen molar-refractivity contribution in [2.24, 2.45) is 5.92 Å². The molecule has 3 aromatic rings. The number of hydrogen-bond acceptors (Lipinski definition) is 5. The molecule has 3 aromatic carbocycles. The predicted octanol–water partition coefficient (Wildman–Crippen LogP) is 5.39. The van der Waals surface area contributed by atoms with Crippen LogP contribution in [0.25, 0.3) is 0 Å². The highest BCUT2D eigenvalue weighted by molar-refractivity contribution is 6.31. The van der Waals surface area contributed by atoms with Crippen LogP contribution in [0.4, 0.5) is 5.69 Å². The molecule has 0 N–H and O–H groups in total.